The van der Waals surface area contributed by atoms with Gasteiger partial charge in [0.2, 0.25) is 0 Å². The van der Waals surface area contributed by atoms with E-state index >= 15 is 0 Å². The highest BCUT2D eigenvalue weighted by Crippen LogP contribution is 2.20. The maximum atomic E-state index is 12.8. The van der Waals surface area contributed by atoms with E-state index in [1.807, 2.05) is 48.5 Å². The van der Waals surface area contributed by atoms with Crippen LogP contribution in [0.2, 0.25) is 5.02 Å². The third kappa shape index (κ3) is 6.10. The number of benzene rings is 3. The average molecular weight is 451 g/mol. The molecule has 1 aliphatic heterocycles. The first-order valence-electron chi connectivity index (χ1n) is 10.8. The predicted octanol–water partition coefficient (Wildman–Crippen LogP) is 4.68. The lowest BCUT2D eigenvalue weighted by Gasteiger charge is -2.27. The van der Waals surface area contributed by atoms with Crippen LogP contribution in [0.25, 0.3) is 0 Å². The van der Waals surface area contributed by atoms with E-state index in [1.54, 1.807) is 12.1 Å². The van der Waals surface area contributed by atoms with Crippen LogP contribution in [0.4, 0.5) is 0 Å². The predicted molar refractivity (Wildman–Crippen MR) is 126 cm³/mol. The summed E-state index contributed by atoms with van der Waals surface area (Å²) >= 11 is 6.19. The Morgan fingerprint density at radius 3 is 2.44 bits per heavy atom. The van der Waals surface area contributed by atoms with Gasteiger partial charge in [-0.3, -0.25) is 9.69 Å². The number of hydrogen-bond acceptors (Lipinski definition) is 4. The van der Waals surface area contributed by atoms with Crippen molar-refractivity contribution in [2.45, 2.75) is 19.7 Å². The van der Waals surface area contributed by atoms with Gasteiger partial charge in [0.15, 0.2) is 0 Å². The largest absolute Gasteiger partial charge is 0.489 e. The van der Waals surface area contributed by atoms with Crippen LogP contribution in [0.3, 0.4) is 0 Å². The molecule has 166 valence electrons. The first kappa shape index (κ1) is 22.3. The van der Waals surface area contributed by atoms with Gasteiger partial charge in [0.05, 0.1) is 13.2 Å². The van der Waals surface area contributed by atoms with Crippen LogP contribution in [0, 0.1) is 0 Å². The summed E-state index contributed by atoms with van der Waals surface area (Å²) in [7, 11) is 0. The number of nitrogens with one attached hydrogen (secondary N) is 1. The van der Waals surface area contributed by atoms with Gasteiger partial charge in [-0.1, -0.05) is 60.1 Å². The van der Waals surface area contributed by atoms with Gasteiger partial charge >= 0.3 is 0 Å². The maximum absolute atomic E-state index is 12.8. The second-order valence-electron chi connectivity index (χ2n) is 7.75. The normalized spacial score (nSPS) is 14.2. The van der Waals surface area contributed by atoms with Gasteiger partial charge in [-0.25, -0.2) is 0 Å². The van der Waals surface area contributed by atoms with Crippen molar-refractivity contribution < 1.29 is 14.3 Å². The van der Waals surface area contributed by atoms with Crippen LogP contribution in [0.1, 0.15) is 27.0 Å². The molecule has 32 heavy (non-hydrogen) atoms. The topological polar surface area (TPSA) is 50.8 Å². The minimum atomic E-state index is -0.130. The van der Waals surface area contributed by atoms with Gasteiger partial charge in [-0.15, -0.1) is 0 Å². The number of amides is 1. The molecule has 1 amide bonds. The van der Waals surface area contributed by atoms with Gasteiger partial charge in [0, 0.05) is 42.3 Å². The summed E-state index contributed by atoms with van der Waals surface area (Å²) in [6.07, 6.45) is 0. The van der Waals surface area contributed by atoms with Crippen LogP contribution in [0.5, 0.6) is 5.75 Å². The number of carbonyl (C=O) groups is 1. The van der Waals surface area contributed by atoms with Crippen molar-refractivity contribution in [1.82, 2.24) is 10.2 Å². The molecule has 0 aromatic heterocycles. The Labute approximate surface area is 193 Å². The van der Waals surface area contributed by atoms with E-state index in [0.717, 1.165) is 44.0 Å². The van der Waals surface area contributed by atoms with E-state index < -0.39 is 0 Å². The second-order valence-corrected chi connectivity index (χ2v) is 8.16. The number of hydrogen-bond donors (Lipinski definition) is 1. The molecule has 0 spiro atoms. The van der Waals surface area contributed by atoms with Gasteiger partial charge in [0.25, 0.3) is 5.91 Å². The summed E-state index contributed by atoms with van der Waals surface area (Å²) in [5.74, 6) is 0.500. The number of nitrogens with zero attached hydrogens (tertiary/aromatic N) is 1. The van der Waals surface area contributed by atoms with E-state index in [0.29, 0.717) is 29.5 Å². The molecule has 1 saturated heterocycles. The summed E-state index contributed by atoms with van der Waals surface area (Å²) in [5.41, 5.74) is 3.82. The Morgan fingerprint density at radius 2 is 1.66 bits per heavy atom. The number of halogens is 1. The zero-order chi connectivity index (χ0) is 22.2. The molecule has 3 aromatic rings. The minimum Gasteiger partial charge on any atom is -0.489 e. The van der Waals surface area contributed by atoms with Crippen molar-refractivity contribution in [1.29, 1.82) is 0 Å². The fraction of sp³-hybridized carbons (Fsp3) is 0.269. The first-order chi connectivity index (χ1) is 15.7. The highest BCUT2D eigenvalue weighted by molar-refractivity contribution is 6.31. The van der Waals surface area contributed by atoms with Crippen molar-refractivity contribution in [3.63, 3.8) is 0 Å². The Bertz CT molecular complexity index is 1050. The van der Waals surface area contributed by atoms with Crippen LogP contribution >= 0.6 is 11.6 Å². The molecule has 0 aliphatic carbocycles. The monoisotopic (exact) mass is 450 g/mol. The summed E-state index contributed by atoms with van der Waals surface area (Å²) < 4.78 is 11.3. The smallest absolute Gasteiger partial charge is 0.251 e. The molecule has 1 heterocycles. The molecule has 0 bridgehead atoms. The van der Waals surface area contributed by atoms with Crippen molar-refractivity contribution in [3.05, 3.63) is 100 Å². The molecule has 1 aliphatic rings. The second kappa shape index (κ2) is 11.1. The summed E-state index contributed by atoms with van der Waals surface area (Å²) in [6.45, 7) is 5.09. The SMILES string of the molecule is O=C(NCc1ccccc1CN1CCOCC1)c1cccc(OCc2ccccc2Cl)c1. The van der Waals surface area contributed by atoms with Gasteiger partial charge in [0.1, 0.15) is 12.4 Å². The first-order valence-corrected chi connectivity index (χ1v) is 11.2. The lowest BCUT2D eigenvalue weighted by molar-refractivity contribution is 0.0340. The van der Waals surface area contributed by atoms with Crippen LogP contribution < -0.4 is 10.1 Å². The lowest BCUT2D eigenvalue weighted by atomic mass is 10.1. The van der Waals surface area contributed by atoms with E-state index in [9.17, 15) is 4.79 Å². The summed E-state index contributed by atoms with van der Waals surface area (Å²) in [6, 6.07) is 23.0. The van der Waals surface area contributed by atoms with Crippen molar-refractivity contribution in [2.24, 2.45) is 0 Å². The van der Waals surface area contributed by atoms with Crippen molar-refractivity contribution >= 4 is 17.5 Å². The highest BCUT2D eigenvalue weighted by atomic mass is 35.5. The van der Waals surface area contributed by atoms with Crippen molar-refractivity contribution in [2.75, 3.05) is 26.3 Å². The Hall–Kier alpha value is -2.86. The summed E-state index contributed by atoms with van der Waals surface area (Å²) in [4.78, 5) is 15.2. The Balaban J connectivity index is 1.35. The lowest BCUT2D eigenvalue weighted by Crippen LogP contribution is -2.36. The molecule has 0 unspecified atom stereocenters. The minimum absolute atomic E-state index is 0.130. The van der Waals surface area contributed by atoms with E-state index in [2.05, 4.69) is 22.3 Å². The molecule has 1 N–H and O–H groups in total. The molecule has 6 heteroatoms. The standard InChI is InChI=1S/C26H27ClN2O3/c27-25-11-4-3-8-23(25)19-32-24-10-5-9-20(16-24)26(30)28-17-21-6-1-2-7-22(21)18-29-12-14-31-15-13-29/h1-11,16H,12-15,17-19H2,(H,28,30). The molecular weight excluding hydrogens is 424 g/mol. The fourth-order valence-corrected chi connectivity index (χ4v) is 3.86. The maximum Gasteiger partial charge on any atom is 0.251 e. The molecule has 5 nitrogen and oxygen atoms in total. The average Bonchev–Trinajstić information content (AvgIpc) is 2.84. The molecule has 0 atom stereocenters. The third-order valence-electron chi connectivity index (χ3n) is 5.50. The van der Waals surface area contributed by atoms with E-state index in [4.69, 9.17) is 21.1 Å². The zero-order valence-corrected chi connectivity index (χ0v) is 18.7. The van der Waals surface area contributed by atoms with Crippen LogP contribution in [0.15, 0.2) is 72.8 Å². The molecule has 1 fully saturated rings. The third-order valence-corrected chi connectivity index (χ3v) is 5.87. The number of morpholine rings is 1. The number of ether oxygens (including phenoxy) is 2. The quantitative estimate of drug-likeness (QED) is 0.541. The zero-order valence-electron chi connectivity index (χ0n) is 17.9. The Kier molecular flexibility index (Phi) is 7.77. The van der Waals surface area contributed by atoms with E-state index in [1.165, 1.54) is 5.56 Å². The number of carbonyl (C=O) groups excluding carboxylic acids is 1. The number of rotatable bonds is 8. The van der Waals surface area contributed by atoms with E-state index in [-0.39, 0.29) is 5.91 Å². The van der Waals surface area contributed by atoms with Gasteiger partial charge in [-0.05, 0) is 35.4 Å². The molecule has 3 aromatic carbocycles. The molecule has 4 rings (SSSR count). The molecular formula is C26H27ClN2O3. The van der Waals surface area contributed by atoms with Gasteiger partial charge < -0.3 is 14.8 Å². The van der Waals surface area contributed by atoms with Crippen molar-refractivity contribution in [3.8, 4) is 5.75 Å². The Morgan fingerprint density at radius 1 is 0.938 bits per heavy atom. The van der Waals surface area contributed by atoms with Crippen LogP contribution in [-0.4, -0.2) is 37.1 Å². The highest BCUT2D eigenvalue weighted by Gasteiger charge is 2.14. The summed E-state index contributed by atoms with van der Waals surface area (Å²) in [5, 5.41) is 3.71. The molecule has 0 radical (unpaired) electrons. The van der Waals surface area contributed by atoms with Gasteiger partial charge in [-0.2, -0.15) is 0 Å². The fourth-order valence-electron chi connectivity index (χ4n) is 3.67. The molecule has 0 saturated carbocycles. The van der Waals surface area contributed by atoms with Crippen LogP contribution in [-0.2, 0) is 24.4 Å².